The zero-order valence-electron chi connectivity index (χ0n) is 14.6. The largest absolute Gasteiger partial charge is 0.462 e. The van der Waals surface area contributed by atoms with Crippen LogP contribution in [0.15, 0.2) is 18.3 Å². The van der Waals surface area contributed by atoms with Crippen molar-refractivity contribution in [3.63, 3.8) is 0 Å². The molecule has 0 aliphatic rings. The summed E-state index contributed by atoms with van der Waals surface area (Å²) in [5.74, 6) is -1.10. The molecule has 0 radical (unpaired) electrons. The molecule has 0 bridgehead atoms. The smallest absolute Gasteiger partial charge is 0.407 e. The molecule has 0 unspecified atom stereocenters. The Morgan fingerprint density at radius 3 is 2.52 bits per heavy atom. The molecule has 0 saturated carbocycles. The van der Waals surface area contributed by atoms with E-state index in [0.29, 0.717) is 0 Å². The summed E-state index contributed by atoms with van der Waals surface area (Å²) in [5.41, 5.74) is -0.335. The lowest BCUT2D eigenvalue weighted by atomic mass is 10.2. The van der Waals surface area contributed by atoms with Crippen LogP contribution in [0.4, 0.5) is 4.79 Å². The molecule has 25 heavy (non-hydrogen) atoms. The molecule has 0 fully saturated rings. The van der Waals surface area contributed by atoms with Gasteiger partial charge in [-0.25, -0.2) is 9.78 Å². The topological polar surface area (TPSA) is 107 Å². The molecule has 8 nitrogen and oxygen atoms in total. The lowest BCUT2D eigenvalue weighted by Gasteiger charge is -2.21. The van der Waals surface area contributed by atoms with Gasteiger partial charge >= 0.3 is 12.1 Å². The fourth-order valence-electron chi connectivity index (χ4n) is 1.58. The van der Waals surface area contributed by atoms with E-state index in [-0.39, 0.29) is 23.9 Å². The number of hydrogen-bond donors (Lipinski definition) is 2. The van der Waals surface area contributed by atoms with E-state index in [0.717, 1.165) is 0 Å². The standard InChI is InChI=1S/C16H22ClN3O5/c1-10(20-15(23)25-16(2,3)4)9-24-13(21)8-19-14(22)11-5-6-12(17)18-7-11/h5-7,10H,8-9H2,1-4H3,(H,19,22)(H,20,23)/t10-/m0/s1. The van der Waals surface area contributed by atoms with Crippen molar-refractivity contribution in [1.29, 1.82) is 0 Å². The minimum atomic E-state index is -0.631. The Hall–Kier alpha value is -2.35. The van der Waals surface area contributed by atoms with E-state index < -0.39 is 29.6 Å². The van der Waals surface area contributed by atoms with Gasteiger partial charge in [-0.1, -0.05) is 11.6 Å². The molecule has 1 atom stereocenters. The predicted molar refractivity (Wildman–Crippen MR) is 91.4 cm³/mol. The number of pyridine rings is 1. The minimum absolute atomic E-state index is 0.0452. The van der Waals surface area contributed by atoms with Crippen molar-refractivity contribution < 1.29 is 23.9 Å². The van der Waals surface area contributed by atoms with Crippen molar-refractivity contribution in [2.24, 2.45) is 0 Å². The van der Waals surface area contributed by atoms with Gasteiger partial charge < -0.3 is 20.1 Å². The maximum absolute atomic E-state index is 11.8. The van der Waals surface area contributed by atoms with Gasteiger partial charge in [-0.3, -0.25) is 9.59 Å². The molecule has 138 valence electrons. The van der Waals surface area contributed by atoms with Gasteiger partial charge in [-0.05, 0) is 39.8 Å². The Balaban J connectivity index is 2.29. The van der Waals surface area contributed by atoms with Crippen LogP contribution in [0.1, 0.15) is 38.1 Å². The fourth-order valence-corrected chi connectivity index (χ4v) is 1.70. The maximum Gasteiger partial charge on any atom is 0.407 e. The van der Waals surface area contributed by atoms with Crippen LogP contribution < -0.4 is 10.6 Å². The summed E-state index contributed by atoms with van der Waals surface area (Å²) in [5, 5.41) is 5.21. The Labute approximate surface area is 151 Å². The molecule has 1 aromatic rings. The zero-order valence-corrected chi connectivity index (χ0v) is 15.3. The summed E-state index contributed by atoms with van der Waals surface area (Å²) < 4.78 is 10.1. The van der Waals surface area contributed by atoms with Gasteiger partial charge in [0.05, 0.1) is 11.6 Å². The molecule has 2 N–H and O–H groups in total. The number of amides is 2. The Morgan fingerprint density at radius 1 is 1.28 bits per heavy atom. The average Bonchev–Trinajstić information content (AvgIpc) is 2.49. The molecular weight excluding hydrogens is 350 g/mol. The number of esters is 1. The number of alkyl carbamates (subject to hydrolysis) is 1. The van der Waals surface area contributed by atoms with Crippen molar-refractivity contribution in [3.05, 3.63) is 29.0 Å². The summed E-state index contributed by atoms with van der Waals surface area (Å²) in [6.07, 6.45) is 0.704. The quantitative estimate of drug-likeness (QED) is 0.584. The van der Waals surface area contributed by atoms with Crippen LogP contribution in [0.25, 0.3) is 0 Å². The van der Waals surface area contributed by atoms with Crippen LogP contribution >= 0.6 is 11.6 Å². The minimum Gasteiger partial charge on any atom is -0.462 e. The van der Waals surface area contributed by atoms with Crippen LogP contribution in [0.5, 0.6) is 0 Å². The van der Waals surface area contributed by atoms with Gasteiger partial charge in [-0.15, -0.1) is 0 Å². The summed E-state index contributed by atoms with van der Waals surface area (Å²) in [6.45, 7) is 6.55. The van der Waals surface area contributed by atoms with Gasteiger partial charge in [0.1, 0.15) is 23.9 Å². The first kappa shape index (κ1) is 20.7. The predicted octanol–water partition coefficient (Wildman–Crippen LogP) is 1.92. The Kier molecular flexibility index (Phi) is 7.63. The third-order valence-electron chi connectivity index (χ3n) is 2.64. The lowest BCUT2D eigenvalue weighted by molar-refractivity contribution is -0.143. The molecule has 2 amide bonds. The molecule has 0 aliphatic carbocycles. The molecule has 0 aromatic carbocycles. The number of rotatable bonds is 6. The second-order valence-electron chi connectivity index (χ2n) is 6.28. The second-order valence-corrected chi connectivity index (χ2v) is 6.67. The van der Waals surface area contributed by atoms with E-state index in [1.165, 1.54) is 18.3 Å². The van der Waals surface area contributed by atoms with E-state index in [4.69, 9.17) is 21.1 Å². The summed E-state index contributed by atoms with van der Waals surface area (Å²) in [6, 6.07) is 2.52. The molecule has 9 heteroatoms. The van der Waals surface area contributed by atoms with Crippen molar-refractivity contribution in [1.82, 2.24) is 15.6 Å². The maximum atomic E-state index is 11.8. The third-order valence-corrected chi connectivity index (χ3v) is 2.86. The van der Waals surface area contributed by atoms with Crippen LogP contribution in [0.2, 0.25) is 5.15 Å². The van der Waals surface area contributed by atoms with Gasteiger partial charge in [0.25, 0.3) is 5.91 Å². The number of ether oxygens (including phenoxy) is 2. The Bertz CT molecular complexity index is 613. The molecule has 0 aliphatic heterocycles. The van der Waals surface area contributed by atoms with Crippen molar-refractivity contribution >= 4 is 29.6 Å². The van der Waals surface area contributed by atoms with Gasteiger partial charge in [-0.2, -0.15) is 0 Å². The number of nitrogens with zero attached hydrogens (tertiary/aromatic N) is 1. The van der Waals surface area contributed by atoms with Crippen LogP contribution in [0, 0.1) is 0 Å². The number of hydrogen-bond acceptors (Lipinski definition) is 6. The van der Waals surface area contributed by atoms with Gasteiger partial charge in [0.2, 0.25) is 0 Å². The van der Waals surface area contributed by atoms with Crippen molar-refractivity contribution in [2.75, 3.05) is 13.2 Å². The normalized spacial score (nSPS) is 12.0. The average molecular weight is 372 g/mol. The van der Waals surface area contributed by atoms with Gasteiger partial charge in [0.15, 0.2) is 0 Å². The van der Waals surface area contributed by atoms with Crippen molar-refractivity contribution in [3.8, 4) is 0 Å². The molecular formula is C16H22ClN3O5. The first-order valence-corrected chi connectivity index (χ1v) is 7.99. The first-order valence-electron chi connectivity index (χ1n) is 7.61. The van der Waals surface area contributed by atoms with E-state index in [2.05, 4.69) is 15.6 Å². The number of halogens is 1. The number of carbonyl (C=O) groups is 3. The molecule has 0 saturated heterocycles. The van der Waals surface area contributed by atoms with E-state index in [9.17, 15) is 14.4 Å². The first-order chi connectivity index (χ1) is 11.6. The highest BCUT2D eigenvalue weighted by molar-refractivity contribution is 6.29. The molecule has 1 rings (SSSR count). The van der Waals surface area contributed by atoms with Crippen LogP contribution in [0.3, 0.4) is 0 Å². The molecule has 0 spiro atoms. The molecule has 1 heterocycles. The highest BCUT2D eigenvalue weighted by Gasteiger charge is 2.18. The summed E-state index contributed by atoms with van der Waals surface area (Å²) >= 11 is 5.63. The summed E-state index contributed by atoms with van der Waals surface area (Å²) in [7, 11) is 0. The van der Waals surface area contributed by atoms with Crippen LogP contribution in [-0.2, 0) is 14.3 Å². The third kappa shape index (κ3) is 8.90. The van der Waals surface area contributed by atoms with Crippen LogP contribution in [-0.4, -0.2) is 47.7 Å². The monoisotopic (exact) mass is 371 g/mol. The van der Waals surface area contributed by atoms with E-state index >= 15 is 0 Å². The number of carbonyl (C=O) groups excluding carboxylic acids is 3. The van der Waals surface area contributed by atoms with Crippen molar-refractivity contribution in [2.45, 2.75) is 39.3 Å². The fraction of sp³-hybridized carbons (Fsp3) is 0.500. The molecule has 1 aromatic heterocycles. The second kappa shape index (κ2) is 9.22. The van der Waals surface area contributed by atoms with E-state index in [1.54, 1.807) is 27.7 Å². The zero-order chi connectivity index (χ0) is 19.0. The Morgan fingerprint density at radius 2 is 1.96 bits per heavy atom. The summed E-state index contributed by atoms with van der Waals surface area (Å²) in [4.78, 5) is 38.8. The lowest BCUT2D eigenvalue weighted by Crippen LogP contribution is -2.41. The SMILES string of the molecule is C[C@@H](COC(=O)CNC(=O)c1ccc(Cl)nc1)NC(=O)OC(C)(C)C. The van der Waals surface area contributed by atoms with Gasteiger partial charge in [0, 0.05) is 6.20 Å². The highest BCUT2D eigenvalue weighted by Crippen LogP contribution is 2.07. The number of nitrogens with one attached hydrogen (secondary N) is 2. The van der Waals surface area contributed by atoms with E-state index in [1.807, 2.05) is 0 Å². The number of aromatic nitrogens is 1. The highest BCUT2D eigenvalue weighted by atomic mass is 35.5.